The number of hydrogen-bond acceptors (Lipinski definition) is 3. The van der Waals surface area contributed by atoms with Gasteiger partial charge in [-0.05, 0) is 41.1 Å². The van der Waals surface area contributed by atoms with Crippen LogP contribution in [0.2, 0.25) is 0 Å². The molecule has 2 rings (SSSR count). The third kappa shape index (κ3) is 3.28. The van der Waals surface area contributed by atoms with Crippen LogP contribution in [-0.2, 0) is 0 Å². The number of nitrogens with one attached hydrogen (secondary N) is 1. The molecular formula is C15H21NS2. The molecule has 1 N–H and O–H groups in total. The zero-order valence-corrected chi connectivity index (χ0v) is 12.7. The van der Waals surface area contributed by atoms with Gasteiger partial charge < -0.3 is 5.32 Å². The van der Waals surface area contributed by atoms with Crippen molar-refractivity contribution in [1.29, 1.82) is 0 Å². The van der Waals surface area contributed by atoms with Gasteiger partial charge >= 0.3 is 0 Å². The molecule has 0 aliphatic carbocycles. The predicted molar refractivity (Wildman–Crippen MR) is 85.9 cm³/mol. The monoisotopic (exact) mass is 279 g/mol. The molecule has 0 fully saturated rings. The molecule has 18 heavy (non-hydrogen) atoms. The van der Waals surface area contributed by atoms with Gasteiger partial charge in [-0.1, -0.05) is 32.0 Å². The summed E-state index contributed by atoms with van der Waals surface area (Å²) in [6.07, 6.45) is 1.26. The van der Waals surface area contributed by atoms with Gasteiger partial charge in [-0.3, -0.25) is 0 Å². The first kappa shape index (κ1) is 13.9. The molecular weight excluding hydrogens is 258 g/mol. The molecule has 1 atom stereocenters. The van der Waals surface area contributed by atoms with Crippen molar-refractivity contribution in [2.24, 2.45) is 0 Å². The van der Waals surface area contributed by atoms with Crippen molar-refractivity contribution < 1.29 is 0 Å². The maximum absolute atomic E-state index is 3.63. The van der Waals surface area contributed by atoms with E-state index in [9.17, 15) is 0 Å². The second kappa shape index (κ2) is 7.17. The second-order valence-corrected chi connectivity index (χ2v) is 6.44. The average Bonchev–Trinajstić information content (AvgIpc) is 2.86. The summed E-state index contributed by atoms with van der Waals surface area (Å²) >= 11 is 3.91. The molecule has 2 aromatic rings. The zero-order chi connectivity index (χ0) is 12.8. The maximum atomic E-state index is 3.63. The maximum Gasteiger partial charge on any atom is 0.0426 e. The topological polar surface area (TPSA) is 12.0 Å². The van der Waals surface area contributed by atoms with E-state index in [2.05, 4.69) is 48.8 Å². The van der Waals surface area contributed by atoms with E-state index in [1.54, 1.807) is 0 Å². The zero-order valence-electron chi connectivity index (χ0n) is 11.1. The van der Waals surface area contributed by atoms with Crippen molar-refractivity contribution >= 4 is 33.2 Å². The quantitative estimate of drug-likeness (QED) is 0.738. The summed E-state index contributed by atoms with van der Waals surface area (Å²) in [5.41, 5.74) is 1.47. The van der Waals surface area contributed by atoms with Crippen LogP contribution < -0.4 is 5.32 Å². The van der Waals surface area contributed by atoms with Crippen molar-refractivity contribution in [3.05, 3.63) is 35.2 Å². The van der Waals surface area contributed by atoms with Crippen LogP contribution in [0.25, 0.3) is 10.1 Å². The minimum Gasteiger partial charge on any atom is -0.309 e. The molecule has 0 aliphatic heterocycles. The molecule has 1 nitrogen and oxygen atoms in total. The van der Waals surface area contributed by atoms with Gasteiger partial charge in [0.15, 0.2) is 0 Å². The van der Waals surface area contributed by atoms with Crippen LogP contribution in [0.3, 0.4) is 0 Å². The van der Waals surface area contributed by atoms with E-state index in [1.165, 1.54) is 33.6 Å². The van der Waals surface area contributed by atoms with Crippen molar-refractivity contribution in [2.45, 2.75) is 26.3 Å². The molecule has 1 heterocycles. The second-order valence-electron chi connectivity index (χ2n) is 4.37. The smallest absolute Gasteiger partial charge is 0.0426 e. The van der Waals surface area contributed by atoms with Crippen molar-refractivity contribution in [3.63, 3.8) is 0 Å². The highest BCUT2D eigenvalue weighted by atomic mass is 32.2. The third-order valence-corrected chi connectivity index (χ3v) is 5.21. The molecule has 0 spiro atoms. The average molecular weight is 279 g/mol. The van der Waals surface area contributed by atoms with Crippen LogP contribution in [0.5, 0.6) is 0 Å². The van der Waals surface area contributed by atoms with Gasteiger partial charge in [-0.2, -0.15) is 11.8 Å². The van der Waals surface area contributed by atoms with E-state index in [4.69, 9.17) is 0 Å². The Labute approximate surface area is 118 Å². The van der Waals surface area contributed by atoms with E-state index >= 15 is 0 Å². The number of fused-ring (bicyclic) bond motifs is 1. The largest absolute Gasteiger partial charge is 0.309 e. The van der Waals surface area contributed by atoms with Crippen LogP contribution in [0, 0.1) is 0 Å². The van der Waals surface area contributed by atoms with Crippen molar-refractivity contribution in [1.82, 2.24) is 5.32 Å². The molecule has 1 aromatic carbocycles. The molecule has 0 saturated heterocycles. The van der Waals surface area contributed by atoms with Gasteiger partial charge in [0.2, 0.25) is 0 Å². The van der Waals surface area contributed by atoms with E-state index in [1.807, 2.05) is 23.1 Å². The molecule has 0 saturated carbocycles. The molecule has 98 valence electrons. The Morgan fingerprint density at radius 3 is 2.94 bits per heavy atom. The lowest BCUT2D eigenvalue weighted by Gasteiger charge is -2.18. The van der Waals surface area contributed by atoms with E-state index in [0.29, 0.717) is 6.04 Å². The normalized spacial score (nSPS) is 13.0. The molecule has 0 aliphatic rings. The molecule has 1 unspecified atom stereocenters. The SMILES string of the molecule is CCCSCC(NCC)c1cccc2ccsc12. The minimum absolute atomic E-state index is 0.480. The number of rotatable bonds is 7. The van der Waals surface area contributed by atoms with Gasteiger partial charge in [0.1, 0.15) is 0 Å². The summed E-state index contributed by atoms with van der Waals surface area (Å²) in [6.45, 7) is 5.46. The summed E-state index contributed by atoms with van der Waals surface area (Å²) in [5.74, 6) is 2.42. The highest BCUT2D eigenvalue weighted by Crippen LogP contribution is 2.30. The first-order valence-electron chi connectivity index (χ1n) is 6.64. The Kier molecular flexibility index (Phi) is 5.54. The molecule has 1 aromatic heterocycles. The van der Waals surface area contributed by atoms with Crippen molar-refractivity contribution in [2.75, 3.05) is 18.1 Å². The fraction of sp³-hybridized carbons (Fsp3) is 0.467. The summed E-state index contributed by atoms with van der Waals surface area (Å²) < 4.78 is 1.44. The summed E-state index contributed by atoms with van der Waals surface area (Å²) in [4.78, 5) is 0. The molecule has 0 amide bonds. The van der Waals surface area contributed by atoms with E-state index in [-0.39, 0.29) is 0 Å². The Balaban J connectivity index is 2.20. The lowest BCUT2D eigenvalue weighted by atomic mass is 10.1. The number of thiophene rings is 1. The molecule has 0 radical (unpaired) electrons. The first-order valence-corrected chi connectivity index (χ1v) is 8.67. The fourth-order valence-electron chi connectivity index (χ4n) is 2.14. The van der Waals surface area contributed by atoms with Gasteiger partial charge in [-0.15, -0.1) is 11.3 Å². The summed E-state index contributed by atoms with van der Waals surface area (Å²) in [5, 5.41) is 7.19. The van der Waals surface area contributed by atoms with Crippen LogP contribution in [0.15, 0.2) is 29.6 Å². The standard InChI is InChI=1S/C15H21NS2/c1-3-9-17-11-14(16-4-2)13-7-5-6-12-8-10-18-15(12)13/h5-8,10,14,16H,3-4,9,11H2,1-2H3. The number of benzene rings is 1. The van der Waals surface area contributed by atoms with Gasteiger partial charge in [0, 0.05) is 16.5 Å². The van der Waals surface area contributed by atoms with Gasteiger partial charge in [-0.25, -0.2) is 0 Å². The van der Waals surface area contributed by atoms with Crippen LogP contribution in [0.1, 0.15) is 31.9 Å². The first-order chi connectivity index (χ1) is 8.86. The lowest BCUT2D eigenvalue weighted by molar-refractivity contribution is 0.610. The van der Waals surface area contributed by atoms with Crippen LogP contribution >= 0.6 is 23.1 Å². The predicted octanol–water partition coefficient (Wildman–Crippen LogP) is 4.70. The van der Waals surface area contributed by atoms with Gasteiger partial charge in [0.25, 0.3) is 0 Å². The summed E-state index contributed by atoms with van der Waals surface area (Å²) in [6, 6.07) is 9.36. The Morgan fingerprint density at radius 2 is 2.17 bits per heavy atom. The number of thioether (sulfide) groups is 1. The number of hydrogen-bond donors (Lipinski definition) is 1. The Hall–Kier alpha value is -0.510. The minimum atomic E-state index is 0.480. The fourth-order valence-corrected chi connectivity index (χ4v) is 4.10. The third-order valence-electron chi connectivity index (χ3n) is 2.97. The molecule has 3 heteroatoms. The highest BCUT2D eigenvalue weighted by molar-refractivity contribution is 7.99. The van der Waals surface area contributed by atoms with Crippen LogP contribution in [-0.4, -0.2) is 18.1 Å². The Bertz CT molecular complexity index is 478. The van der Waals surface area contributed by atoms with E-state index < -0.39 is 0 Å². The van der Waals surface area contributed by atoms with Gasteiger partial charge in [0.05, 0.1) is 0 Å². The highest BCUT2D eigenvalue weighted by Gasteiger charge is 2.13. The summed E-state index contributed by atoms with van der Waals surface area (Å²) in [7, 11) is 0. The Morgan fingerprint density at radius 1 is 1.28 bits per heavy atom. The van der Waals surface area contributed by atoms with E-state index in [0.717, 1.165) is 6.54 Å². The van der Waals surface area contributed by atoms with Crippen LogP contribution in [0.4, 0.5) is 0 Å². The molecule has 0 bridgehead atoms. The van der Waals surface area contributed by atoms with Crippen molar-refractivity contribution in [3.8, 4) is 0 Å². The lowest BCUT2D eigenvalue weighted by Crippen LogP contribution is -2.23.